The molecule has 27 heavy (non-hydrogen) atoms. The summed E-state index contributed by atoms with van der Waals surface area (Å²) in [6.45, 7) is 1.84. The molecule has 0 aliphatic heterocycles. The highest BCUT2D eigenvalue weighted by molar-refractivity contribution is 6.51. The van der Waals surface area contributed by atoms with Crippen LogP contribution in [0.25, 0.3) is 0 Å². The fraction of sp³-hybridized carbons (Fsp3) is 0.182. The maximum atomic E-state index is 12.6. The summed E-state index contributed by atoms with van der Waals surface area (Å²) in [5, 5.41) is 10.5. The van der Waals surface area contributed by atoms with Gasteiger partial charge in [-0.3, -0.25) is 4.79 Å². The molecule has 2 aromatic carbocycles. The molecule has 3 rings (SSSR count). The number of ketones is 1. The lowest BCUT2D eigenvalue weighted by Crippen LogP contribution is -2.22. The first-order chi connectivity index (χ1) is 12.5. The molecular formula is C22H25N3O2. The van der Waals surface area contributed by atoms with Crippen molar-refractivity contribution in [2.75, 3.05) is 11.5 Å². The second kappa shape index (κ2) is 8.36. The van der Waals surface area contributed by atoms with E-state index in [9.17, 15) is 9.90 Å². The van der Waals surface area contributed by atoms with E-state index in [4.69, 9.17) is 11.5 Å². The third-order valence-corrected chi connectivity index (χ3v) is 4.28. The summed E-state index contributed by atoms with van der Waals surface area (Å²) in [6.07, 6.45) is 2.58. The molecule has 0 fully saturated rings. The van der Waals surface area contributed by atoms with Gasteiger partial charge in [0.25, 0.3) is 0 Å². The molecule has 0 amide bonds. The van der Waals surface area contributed by atoms with Crippen LogP contribution in [0.3, 0.4) is 0 Å². The fourth-order valence-corrected chi connectivity index (χ4v) is 2.84. The largest absolute Gasteiger partial charge is 0.507 e. The number of benzene rings is 2. The molecule has 0 atom stereocenters. The first kappa shape index (κ1) is 20.0. The van der Waals surface area contributed by atoms with Crippen LogP contribution in [0.4, 0.5) is 17.1 Å². The van der Waals surface area contributed by atoms with E-state index >= 15 is 0 Å². The number of hydrogen-bond donors (Lipinski definition) is 3. The van der Waals surface area contributed by atoms with Gasteiger partial charge in [0.1, 0.15) is 11.5 Å². The first-order valence-electron chi connectivity index (χ1n) is 8.44. The number of nitrogen functional groups attached to an aromatic ring is 2. The lowest BCUT2D eigenvalue weighted by Gasteiger charge is -2.17. The van der Waals surface area contributed by atoms with E-state index in [-0.39, 0.29) is 19.0 Å². The van der Waals surface area contributed by atoms with Gasteiger partial charge in [-0.25, -0.2) is 4.99 Å². The SMILES string of the molecule is C.CCC1=C(O)C(Cc2ccc(N)cc2)=CC(=Nc2ccc(N)cc2)C1=O. The van der Waals surface area contributed by atoms with Crippen LogP contribution in [0.5, 0.6) is 0 Å². The number of rotatable bonds is 4. The third-order valence-electron chi connectivity index (χ3n) is 4.28. The van der Waals surface area contributed by atoms with Crippen molar-refractivity contribution in [2.24, 2.45) is 4.99 Å². The van der Waals surface area contributed by atoms with Crippen molar-refractivity contribution in [1.29, 1.82) is 0 Å². The van der Waals surface area contributed by atoms with Gasteiger partial charge in [-0.2, -0.15) is 0 Å². The van der Waals surface area contributed by atoms with Gasteiger partial charge < -0.3 is 16.6 Å². The standard InChI is InChI=1S/C21H21N3O2.CH4/c1-2-18-20(25)14(11-13-3-5-15(22)6-4-13)12-19(21(18)26)24-17-9-7-16(23)8-10-17;/h3-10,12,25H,2,11,22-23H2,1H3;1H4. The monoisotopic (exact) mass is 363 g/mol. The number of aliphatic hydroxyl groups excluding tert-OH is 1. The molecule has 0 unspecified atom stereocenters. The van der Waals surface area contributed by atoms with Crippen molar-refractivity contribution in [3.63, 3.8) is 0 Å². The van der Waals surface area contributed by atoms with E-state index in [1.807, 2.05) is 31.2 Å². The van der Waals surface area contributed by atoms with E-state index in [2.05, 4.69) is 4.99 Å². The highest BCUT2D eigenvalue weighted by Gasteiger charge is 2.26. The number of anilines is 2. The minimum atomic E-state index is -0.247. The average Bonchev–Trinajstić information content (AvgIpc) is 2.63. The second-order valence-electron chi connectivity index (χ2n) is 6.19. The zero-order chi connectivity index (χ0) is 18.7. The van der Waals surface area contributed by atoms with Crippen molar-refractivity contribution in [2.45, 2.75) is 27.2 Å². The Hall–Kier alpha value is -3.34. The maximum absolute atomic E-state index is 12.6. The van der Waals surface area contributed by atoms with Crippen LogP contribution in [0.15, 0.2) is 76.5 Å². The summed E-state index contributed by atoms with van der Waals surface area (Å²) in [7, 11) is 0. The van der Waals surface area contributed by atoms with Crippen LogP contribution in [-0.2, 0) is 11.2 Å². The van der Waals surface area contributed by atoms with Crippen LogP contribution in [-0.4, -0.2) is 16.6 Å². The van der Waals surface area contributed by atoms with Crippen molar-refractivity contribution < 1.29 is 9.90 Å². The summed E-state index contributed by atoms with van der Waals surface area (Å²) in [6, 6.07) is 14.4. The highest BCUT2D eigenvalue weighted by atomic mass is 16.3. The lowest BCUT2D eigenvalue weighted by atomic mass is 9.89. The van der Waals surface area contributed by atoms with Gasteiger partial charge in [-0.15, -0.1) is 0 Å². The molecule has 0 saturated heterocycles. The lowest BCUT2D eigenvalue weighted by molar-refractivity contribution is -0.110. The van der Waals surface area contributed by atoms with E-state index in [1.165, 1.54) is 0 Å². The smallest absolute Gasteiger partial charge is 0.211 e. The van der Waals surface area contributed by atoms with Crippen LogP contribution in [0.1, 0.15) is 26.3 Å². The molecule has 0 saturated carbocycles. The summed E-state index contributed by atoms with van der Waals surface area (Å²) < 4.78 is 0. The Bertz CT molecular complexity index is 921. The topological polar surface area (TPSA) is 102 Å². The molecule has 0 bridgehead atoms. The van der Waals surface area contributed by atoms with Crippen LogP contribution in [0.2, 0.25) is 0 Å². The van der Waals surface area contributed by atoms with Gasteiger partial charge in [0, 0.05) is 28.9 Å². The Labute approximate surface area is 159 Å². The first-order valence-corrected chi connectivity index (χ1v) is 8.44. The Kier molecular flexibility index (Phi) is 6.19. The normalized spacial score (nSPS) is 15.5. The Morgan fingerprint density at radius 2 is 1.52 bits per heavy atom. The summed E-state index contributed by atoms with van der Waals surface area (Å²) in [4.78, 5) is 17.1. The molecule has 0 spiro atoms. The van der Waals surface area contributed by atoms with Crippen molar-refractivity contribution in [1.82, 2.24) is 0 Å². The predicted octanol–water partition coefficient (Wildman–Crippen LogP) is 4.53. The molecule has 1 aliphatic rings. The number of Topliss-reactive ketones (excluding diaryl/α,β-unsaturated/α-hetero) is 1. The minimum Gasteiger partial charge on any atom is -0.507 e. The number of allylic oxidation sites excluding steroid dienone is 3. The zero-order valence-corrected chi connectivity index (χ0v) is 14.6. The Morgan fingerprint density at radius 1 is 0.963 bits per heavy atom. The fourth-order valence-electron chi connectivity index (χ4n) is 2.84. The molecule has 5 nitrogen and oxygen atoms in total. The zero-order valence-electron chi connectivity index (χ0n) is 14.6. The van der Waals surface area contributed by atoms with Gasteiger partial charge in [0.15, 0.2) is 0 Å². The number of carbonyl (C=O) groups is 1. The molecule has 0 aromatic heterocycles. The number of nitrogens with zero attached hydrogens (tertiary/aromatic N) is 1. The Morgan fingerprint density at radius 3 is 2.07 bits per heavy atom. The van der Waals surface area contributed by atoms with E-state index in [1.54, 1.807) is 30.3 Å². The van der Waals surface area contributed by atoms with Gasteiger partial charge >= 0.3 is 0 Å². The number of hydrogen-bond acceptors (Lipinski definition) is 5. The summed E-state index contributed by atoms with van der Waals surface area (Å²) >= 11 is 0. The van der Waals surface area contributed by atoms with Crippen molar-refractivity contribution >= 4 is 28.6 Å². The van der Waals surface area contributed by atoms with Crippen LogP contribution < -0.4 is 11.5 Å². The molecule has 0 radical (unpaired) electrons. The van der Waals surface area contributed by atoms with E-state index in [0.29, 0.717) is 46.8 Å². The Balaban J connectivity index is 0.00000261. The highest BCUT2D eigenvalue weighted by Crippen LogP contribution is 2.27. The minimum absolute atomic E-state index is 0. The number of nitrogens with two attached hydrogens (primary N) is 2. The summed E-state index contributed by atoms with van der Waals surface area (Å²) in [5.74, 6) is -0.200. The van der Waals surface area contributed by atoms with E-state index < -0.39 is 0 Å². The second-order valence-corrected chi connectivity index (χ2v) is 6.19. The number of aliphatic imine (C=N–C) groups is 1. The third kappa shape index (κ3) is 4.44. The van der Waals surface area contributed by atoms with Crippen molar-refractivity contribution in [3.05, 3.63) is 77.1 Å². The van der Waals surface area contributed by atoms with Crippen LogP contribution >= 0.6 is 0 Å². The average molecular weight is 363 g/mol. The number of carbonyl (C=O) groups excluding carboxylic acids is 1. The molecule has 1 aliphatic carbocycles. The number of aliphatic hydroxyl groups is 1. The van der Waals surface area contributed by atoms with Gasteiger partial charge in [-0.1, -0.05) is 26.5 Å². The van der Waals surface area contributed by atoms with Gasteiger partial charge in [0.2, 0.25) is 5.78 Å². The predicted molar refractivity (Wildman–Crippen MR) is 112 cm³/mol. The maximum Gasteiger partial charge on any atom is 0.211 e. The quantitative estimate of drug-likeness (QED) is 0.548. The molecular weight excluding hydrogens is 338 g/mol. The van der Waals surface area contributed by atoms with Gasteiger partial charge in [0.05, 0.1) is 5.69 Å². The molecule has 0 heterocycles. The molecule has 5 heteroatoms. The molecule has 2 aromatic rings. The van der Waals surface area contributed by atoms with E-state index in [0.717, 1.165) is 5.56 Å². The van der Waals surface area contributed by atoms with Gasteiger partial charge in [-0.05, 0) is 54.5 Å². The molecule has 5 N–H and O–H groups in total. The van der Waals surface area contributed by atoms with Crippen LogP contribution in [0, 0.1) is 0 Å². The summed E-state index contributed by atoms with van der Waals surface area (Å²) in [5.41, 5.74) is 15.7. The molecule has 140 valence electrons. The van der Waals surface area contributed by atoms with Crippen molar-refractivity contribution in [3.8, 4) is 0 Å².